The molecule has 2 aromatic rings. The summed E-state index contributed by atoms with van der Waals surface area (Å²) in [4.78, 5) is 0. The molecule has 0 saturated carbocycles. The summed E-state index contributed by atoms with van der Waals surface area (Å²) in [6.07, 6.45) is -5.36. The molecule has 0 radical (unpaired) electrons. The molecule has 9 nitrogen and oxygen atoms in total. The van der Waals surface area contributed by atoms with Crippen LogP contribution in [0.4, 0.5) is 0 Å². The number of hydrogen-bond acceptors (Lipinski definition) is 9. The zero-order valence-electron chi connectivity index (χ0n) is 24.5. The van der Waals surface area contributed by atoms with Crippen molar-refractivity contribution in [3.05, 3.63) is 60.7 Å². The van der Waals surface area contributed by atoms with Crippen LogP contribution < -0.4 is 10.4 Å². The van der Waals surface area contributed by atoms with Gasteiger partial charge in [-0.2, -0.15) is 0 Å². The third kappa shape index (κ3) is 6.07. The molecule has 1 N–H and O–H groups in total. The van der Waals surface area contributed by atoms with Gasteiger partial charge in [0.25, 0.3) is 8.32 Å². The Balaban J connectivity index is 1.64. The molecule has 2 aliphatic rings. The predicted octanol–water partition coefficient (Wildman–Crippen LogP) is 2.08. The maximum Gasteiger partial charge on any atom is 0.261 e. The normalized spacial score (nSPS) is 31.1. The lowest BCUT2D eigenvalue weighted by Crippen LogP contribution is -2.67. The van der Waals surface area contributed by atoms with E-state index in [1.807, 2.05) is 36.4 Å². The first-order valence-electron chi connectivity index (χ1n) is 13.7. The van der Waals surface area contributed by atoms with Gasteiger partial charge in [0.15, 0.2) is 12.6 Å². The van der Waals surface area contributed by atoms with E-state index >= 15 is 0 Å². The number of ether oxygens (including phenoxy) is 7. The lowest BCUT2D eigenvalue weighted by atomic mass is 10.1. The van der Waals surface area contributed by atoms with Crippen LogP contribution in [-0.2, 0) is 37.6 Å². The van der Waals surface area contributed by atoms with Crippen molar-refractivity contribution in [2.45, 2.75) is 75.0 Å². The van der Waals surface area contributed by atoms with Crippen LogP contribution in [0.15, 0.2) is 60.7 Å². The van der Waals surface area contributed by atoms with Crippen molar-refractivity contribution in [3.63, 3.8) is 0 Å². The molecule has 4 rings (SSSR count). The van der Waals surface area contributed by atoms with Gasteiger partial charge < -0.3 is 42.7 Å². The first-order chi connectivity index (χ1) is 19.2. The van der Waals surface area contributed by atoms with Crippen molar-refractivity contribution in [1.29, 1.82) is 0 Å². The van der Waals surface area contributed by atoms with E-state index in [1.54, 1.807) is 21.3 Å². The predicted molar refractivity (Wildman–Crippen MR) is 152 cm³/mol. The van der Waals surface area contributed by atoms with Crippen molar-refractivity contribution in [2.24, 2.45) is 0 Å². The number of benzene rings is 2. The first kappa shape index (κ1) is 31.2. The number of aliphatic hydroxyl groups excluding tert-OH is 1. The topological polar surface area (TPSA) is 94.1 Å². The largest absolute Gasteiger partial charge is 0.405 e. The van der Waals surface area contributed by atoms with Gasteiger partial charge in [-0.05, 0) is 15.4 Å². The fourth-order valence-corrected chi connectivity index (χ4v) is 10.6. The molecule has 40 heavy (non-hydrogen) atoms. The zero-order chi connectivity index (χ0) is 28.9. The van der Waals surface area contributed by atoms with Crippen molar-refractivity contribution < 1.29 is 42.7 Å². The molecule has 0 spiro atoms. The summed E-state index contributed by atoms with van der Waals surface area (Å²) in [5.41, 5.74) is 0. The van der Waals surface area contributed by atoms with Crippen molar-refractivity contribution >= 4 is 18.7 Å². The third-order valence-electron chi connectivity index (χ3n) is 7.87. The van der Waals surface area contributed by atoms with Gasteiger partial charge in [0.2, 0.25) is 0 Å². The van der Waals surface area contributed by atoms with Crippen LogP contribution in [0, 0.1) is 0 Å². The summed E-state index contributed by atoms with van der Waals surface area (Å²) in [7, 11) is 3.46. The first-order valence-corrected chi connectivity index (χ1v) is 15.6. The van der Waals surface area contributed by atoms with Gasteiger partial charge in [0.1, 0.15) is 36.6 Å². The van der Waals surface area contributed by atoms with Crippen LogP contribution in [-0.4, -0.2) is 104 Å². The van der Waals surface area contributed by atoms with Crippen LogP contribution in [0.3, 0.4) is 0 Å². The highest BCUT2D eigenvalue weighted by atomic mass is 28.4. The molecule has 2 aliphatic heterocycles. The van der Waals surface area contributed by atoms with E-state index in [0.717, 1.165) is 10.4 Å². The van der Waals surface area contributed by atoms with E-state index in [1.165, 1.54) is 7.11 Å². The smallest absolute Gasteiger partial charge is 0.261 e. The van der Waals surface area contributed by atoms with Crippen LogP contribution in [0.5, 0.6) is 0 Å². The average Bonchev–Trinajstić information content (AvgIpc) is 3.44. The number of aliphatic hydroxyl groups is 1. The van der Waals surface area contributed by atoms with Gasteiger partial charge in [0, 0.05) is 28.4 Å². The lowest BCUT2D eigenvalue weighted by Gasteiger charge is -2.43. The molecule has 0 unspecified atom stereocenters. The Hall–Kier alpha value is -1.70. The molecule has 0 amide bonds. The summed E-state index contributed by atoms with van der Waals surface area (Å²) >= 11 is 0. The van der Waals surface area contributed by atoms with E-state index in [2.05, 4.69) is 45.0 Å². The van der Waals surface area contributed by atoms with Crippen LogP contribution in [0.1, 0.15) is 20.8 Å². The van der Waals surface area contributed by atoms with Crippen molar-refractivity contribution in [3.8, 4) is 0 Å². The maximum absolute atomic E-state index is 10.8. The zero-order valence-corrected chi connectivity index (χ0v) is 25.5. The van der Waals surface area contributed by atoms with Gasteiger partial charge in [-0.15, -0.1) is 0 Å². The molecule has 0 bridgehead atoms. The van der Waals surface area contributed by atoms with Gasteiger partial charge in [-0.25, -0.2) is 0 Å². The summed E-state index contributed by atoms with van der Waals surface area (Å²) in [5.74, 6) is 0. The average molecular weight is 577 g/mol. The molecule has 2 fully saturated rings. The molecule has 8 atom stereocenters. The fraction of sp³-hybridized carbons (Fsp3) is 0.600. The highest BCUT2D eigenvalue weighted by Crippen LogP contribution is 2.38. The highest BCUT2D eigenvalue weighted by Gasteiger charge is 2.55. The minimum absolute atomic E-state index is 0.175. The molecule has 2 heterocycles. The number of methoxy groups -OCH3 is 4. The van der Waals surface area contributed by atoms with Crippen LogP contribution >= 0.6 is 0 Å². The second-order valence-electron chi connectivity index (χ2n) is 11.2. The Labute approximate surface area is 238 Å². The van der Waals surface area contributed by atoms with Gasteiger partial charge in [0.05, 0.1) is 13.2 Å². The Morgan fingerprint density at radius 1 is 0.700 bits per heavy atom. The summed E-state index contributed by atoms with van der Waals surface area (Å²) < 4.78 is 48.1. The van der Waals surface area contributed by atoms with Crippen molar-refractivity contribution in [1.82, 2.24) is 0 Å². The second kappa shape index (κ2) is 13.5. The lowest BCUT2D eigenvalue weighted by molar-refractivity contribution is -0.221. The van der Waals surface area contributed by atoms with E-state index in [9.17, 15) is 5.11 Å². The standard InChI is InChI=1S/C30H44O9Si/c1-30(2,3)40(20-14-10-8-11-15-20,21-16-12-9-13-17-21)36-19-23-25(26(34-6)28(31)37-23)39-29-27(35-7)24(33-5)22(38-29)18-32-4/h8-17,22-29,31H,18-19H2,1-7H3/t22-,23-,24-,25-,26-,27+,28-,29-/m1/s1. The Morgan fingerprint density at radius 2 is 1.23 bits per heavy atom. The molecular weight excluding hydrogens is 532 g/mol. The van der Waals surface area contributed by atoms with Gasteiger partial charge in [-0.3, -0.25) is 0 Å². The minimum Gasteiger partial charge on any atom is -0.405 e. The summed E-state index contributed by atoms with van der Waals surface area (Å²) in [6, 6.07) is 20.7. The summed E-state index contributed by atoms with van der Waals surface area (Å²) in [6.45, 7) is 7.13. The fourth-order valence-electron chi connectivity index (χ4n) is 6.01. The minimum atomic E-state index is -2.85. The summed E-state index contributed by atoms with van der Waals surface area (Å²) in [5, 5.41) is 12.9. The van der Waals surface area contributed by atoms with E-state index in [4.69, 9.17) is 37.6 Å². The molecular formula is C30H44O9Si. The molecule has 0 aromatic heterocycles. The molecule has 2 aromatic carbocycles. The van der Waals surface area contributed by atoms with Gasteiger partial charge >= 0.3 is 0 Å². The van der Waals surface area contributed by atoms with E-state index in [0.29, 0.717) is 6.61 Å². The van der Waals surface area contributed by atoms with E-state index < -0.39 is 51.4 Å². The van der Waals surface area contributed by atoms with E-state index in [-0.39, 0.29) is 17.7 Å². The molecule has 10 heteroatoms. The number of hydrogen-bond donors (Lipinski definition) is 1. The van der Waals surface area contributed by atoms with Crippen LogP contribution in [0.2, 0.25) is 5.04 Å². The maximum atomic E-state index is 10.8. The highest BCUT2D eigenvalue weighted by molar-refractivity contribution is 6.99. The Bertz CT molecular complexity index is 995. The third-order valence-corrected chi connectivity index (χ3v) is 12.9. The second-order valence-corrected chi connectivity index (χ2v) is 15.5. The SMILES string of the molecule is COC[C@H]1O[C@H](O[C@H]2[C@@H](OC)[C@H](O)O[C@@H]2CO[Si](c2ccccc2)(c2ccccc2)C(C)(C)C)[C@@H](OC)[C@@H]1OC. The molecule has 222 valence electrons. The van der Waals surface area contributed by atoms with Gasteiger partial charge in [-0.1, -0.05) is 81.4 Å². The number of rotatable bonds is 12. The Kier molecular flexibility index (Phi) is 10.6. The quantitative estimate of drug-likeness (QED) is 0.381. The Morgan fingerprint density at radius 3 is 1.70 bits per heavy atom. The molecule has 0 aliphatic carbocycles. The monoisotopic (exact) mass is 576 g/mol. The van der Waals surface area contributed by atoms with Crippen molar-refractivity contribution in [2.75, 3.05) is 41.7 Å². The molecule has 2 saturated heterocycles. The van der Waals surface area contributed by atoms with Crippen LogP contribution in [0.25, 0.3) is 0 Å².